The quantitative estimate of drug-likeness (QED) is 0.770. The maximum absolute atomic E-state index is 13.2. The highest BCUT2D eigenvalue weighted by atomic mass is 35.7. The molecule has 5 heteroatoms. The molecule has 0 aliphatic heterocycles. The van der Waals surface area contributed by atoms with Crippen LogP contribution in [0.1, 0.15) is 24.5 Å². The molecule has 0 atom stereocenters. The minimum Gasteiger partial charge on any atom is -0.212 e. The Bertz CT molecular complexity index is 443. The van der Waals surface area contributed by atoms with Crippen LogP contribution < -0.4 is 0 Å². The van der Waals surface area contributed by atoms with Crippen molar-refractivity contribution in [2.75, 3.05) is 0 Å². The van der Waals surface area contributed by atoms with E-state index in [-0.39, 0.29) is 5.56 Å². The van der Waals surface area contributed by atoms with Gasteiger partial charge in [0.15, 0.2) is 0 Å². The lowest BCUT2D eigenvalue weighted by molar-refractivity contribution is 0.597. The number of rotatable bonds is 4. The molecule has 15 heavy (non-hydrogen) atoms. The number of halogens is 2. The van der Waals surface area contributed by atoms with E-state index in [9.17, 15) is 12.8 Å². The van der Waals surface area contributed by atoms with Gasteiger partial charge in [0.05, 0.1) is 5.75 Å². The Morgan fingerprint density at radius 1 is 1.40 bits per heavy atom. The van der Waals surface area contributed by atoms with Gasteiger partial charge in [-0.25, -0.2) is 12.8 Å². The van der Waals surface area contributed by atoms with Crippen molar-refractivity contribution < 1.29 is 12.8 Å². The van der Waals surface area contributed by atoms with Gasteiger partial charge in [-0.05, 0) is 18.1 Å². The van der Waals surface area contributed by atoms with Gasteiger partial charge in [-0.3, -0.25) is 0 Å². The zero-order chi connectivity index (χ0) is 11.5. The minimum absolute atomic E-state index is 0.135. The molecule has 0 aliphatic rings. The molecule has 0 fully saturated rings. The fourth-order valence-electron chi connectivity index (χ4n) is 1.37. The largest absolute Gasteiger partial charge is 0.236 e. The molecule has 1 rings (SSSR count). The highest BCUT2D eigenvalue weighted by Gasteiger charge is 2.11. The van der Waals surface area contributed by atoms with E-state index in [1.54, 1.807) is 12.1 Å². The first kappa shape index (κ1) is 12.5. The Kier molecular flexibility index (Phi) is 4.11. The summed E-state index contributed by atoms with van der Waals surface area (Å²) in [6, 6.07) is 4.49. The summed E-state index contributed by atoms with van der Waals surface area (Å²) in [5, 5.41) is 0. The third kappa shape index (κ3) is 4.18. The molecule has 0 heterocycles. The van der Waals surface area contributed by atoms with Crippen LogP contribution in [0.15, 0.2) is 18.2 Å². The lowest BCUT2D eigenvalue weighted by atomic mass is 10.1. The molecule has 0 bridgehead atoms. The molecule has 0 amide bonds. The summed E-state index contributed by atoms with van der Waals surface area (Å²) in [6.45, 7) is 2.00. The van der Waals surface area contributed by atoms with Crippen LogP contribution in [0.25, 0.3) is 0 Å². The van der Waals surface area contributed by atoms with E-state index < -0.39 is 20.6 Å². The first-order chi connectivity index (χ1) is 6.92. The Hall–Kier alpha value is -0.610. The first-order valence-corrected chi connectivity index (χ1v) is 7.10. The molecule has 0 spiro atoms. The zero-order valence-corrected chi connectivity index (χ0v) is 9.91. The van der Waals surface area contributed by atoms with Crippen LogP contribution in [0.4, 0.5) is 4.39 Å². The molecule has 0 unspecified atom stereocenters. The molecule has 0 saturated carbocycles. The third-order valence-electron chi connectivity index (χ3n) is 1.98. The molecule has 84 valence electrons. The monoisotopic (exact) mass is 250 g/mol. The molecule has 1 aromatic carbocycles. The third-order valence-corrected chi connectivity index (χ3v) is 2.96. The van der Waals surface area contributed by atoms with E-state index in [4.69, 9.17) is 10.7 Å². The first-order valence-electron chi connectivity index (χ1n) is 4.62. The number of benzene rings is 1. The van der Waals surface area contributed by atoms with Crippen molar-refractivity contribution in [1.29, 1.82) is 0 Å². The molecule has 0 radical (unpaired) electrons. The molecule has 0 saturated heterocycles. The Morgan fingerprint density at radius 3 is 2.60 bits per heavy atom. The van der Waals surface area contributed by atoms with Crippen LogP contribution in [-0.4, -0.2) is 8.42 Å². The summed E-state index contributed by atoms with van der Waals surface area (Å²) < 4.78 is 34.9. The predicted molar refractivity (Wildman–Crippen MR) is 58.9 cm³/mol. The number of aryl methyl sites for hydroxylation is 1. The Morgan fingerprint density at radius 2 is 2.07 bits per heavy atom. The summed E-state index contributed by atoms with van der Waals surface area (Å²) in [6.07, 6.45) is 1.73. The van der Waals surface area contributed by atoms with Crippen molar-refractivity contribution in [3.8, 4) is 0 Å². The molecular formula is C10H12ClFO2S. The second kappa shape index (κ2) is 4.94. The fraction of sp³-hybridized carbons (Fsp3) is 0.400. The maximum atomic E-state index is 13.2. The van der Waals surface area contributed by atoms with Gasteiger partial charge in [0.25, 0.3) is 0 Å². The van der Waals surface area contributed by atoms with E-state index in [0.717, 1.165) is 18.4 Å². The normalized spacial score (nSPS) is 11.7. The predicted octanol–water partition coefficient (Wildman–Crippen LogP) is 2.85. The van der Waals surface area contributed by atoms with Gasteiger partial charge in [0.1, 0.15) is 5.82 Å². The van der Waals surface area contributed by atoms with Crippen molar-refractivity contribution in [3.05, 3.63) is 35.1 Å². The van der Waals surface area contributed by atoms with Crippen LogP contribution in [0, 0.1) is 5.82 Å². The highest BCUT2D eigenvalue weighted by molar-refractivity contribution is 8.13. The fourth-order valence-corrected chi connectivity index (χ4v) is 2.31. The average molecular weight is 251 g/mol. The van der Waals surface area contributed by atoms with Crippen LogP contribution in [0.2, 0.25) is 0 Å². The Balaban J connectivity index is 3.00. The van der Waals surface area contributed by atoms with E-state index in [2.05, 4.69) is 0 Å². The van der Waals surface area contributed by atoms with Crippen molar-refractivity contribution in [3.63, 3.8) is 0 Å². The highest BCUT2D eigenvalue weighted by Crippen LogP contribution is 2.16. The Labute approximate surface area is 93.5 Å². The van der Waals surface area contributed by atoms with Crippen LogP contribution in [-0.2, 0) is 21.2 Å². The zero-order valence-electron chi connectivity index (χ0n) is 8.33. The van der Waals surface area contributed by atoms with E-state index in [1.165, 1.54) is 6.07 Å². The van der Waals surface area contributed by atoms with Crippen molar-refractivity contribution in [2.45, 2.75) is 25.5 Å². The summed E-state index contributed by atoms with van der Waals surface area (Å²) in [7, 11) is 1.38. The summed E-state index contributed by atoms with van der Waals surface area (Å²) in [5.74, 6) is -0.989. The molecular weight excluding hydrogens is 239 g/mol. The van der Waals surface area contributed by atoms with Crippen LogP contribution >= 0.6 is 10.7 Å². The van der Waals surface area contributed by atoms with E-state index >= 15 is 0 Å². The van der Waals surface area contributed by atoms with Crippen molar-refractivity contribution >= 4 is 19.7 Å². The van der Waals surface area contributed by atoms with Gasteiger partial charge in [0.2, 0.25) is 9.05 Å². The second-order valence-corrected chi connectivity index (χ2v) is 6.14. The summed E-state index contributed by atoms with van der Waals surface area (Å²) in [5.41, 5.74) is 1.06. The van der Waals surface area contributed by atoms with Crippen LogP contribution in [0.3, 0.4) is 0 Å². The molecule has 0 aliphatic carbocycles. The van der Waals surface area contributed by atoms with Gasteiger partial charge >= 0.3 is 0 Å². The number of hydrogen-bond acceptors (Lipinski definition) is 2. The van der Waals surface area contributed by atoms with Crippen molar-refractivity contribution in [2.24, 2.45) is 0 Å². The maximum Gasteiger partial charge on any atom is 0.236 e. The average Bonchev–Trinajstić information content (AvgIpc) is 2.09. The van der Waals surface area contributed by atoms with Crippen LogP contribution in [0.5, 0.6) is 0 Å². The smallest absolute Gasteiger partial charge is 0.212 e. The lowest BCUT2D eigenvalue weighted by Crippen LogP contribution is -1.99. The summed E-state index contributed by atoms with van der Waals surface area (Å²) >= 11 is 0. The van der Waals surface area contributed by atoms with E-state index in [0.29, 0.717) is 0 Å². The minimum atomic E-state index is -3.70. The molecule has 0 aromatic heterocycles. The van der Waals surface area contributed by atoms with E-state index in [1.807, 2.05) is 6.92 Å². The van der Waals surface area contributed by atoms with Gasteiger partial charge < -0.3 is 0 Å². The standard InChI is InChI=1S/C10H12ClFO2S/c1-2-3-8-4-5-10(12)9(6-8)7-15(11,13)14/h4-6H,2-3,7H2,1H3. The van der Waals surface area contributed by atoms with Gasteiger partial charge in [-0.2, -0.15) is 0 Å². The SMILES string of the molecule is CCCc1ccc(F)c(CS(=O)(=O)Cl)c1. The van der Waals surface area contributed by atoms with Gasteiger partial charge in [0, 0.05) is 16.2 Å². The van der Waals surface area contributed by atoms with Gasteiger partial charge in [-0.15, -0.1) is 0 Å². The molecule has 1 aromatic rings. The topological polar surface area (TPSA) is 34.1 Å². The van der Waals surface area contributed by atoms with Gasteiger partial charge in [-0.1, -0.05) is 25.5 Å². The number of hydrogen-bond donors (Lipinski definition) is 0. The molecule has 2 nitrogen and oxygen atoms in total. The summed E-state index contributed by atoms with van der Waals surface area (Å²) in [4.78, 5) is 0. The van der Waals surface area contributed by atoms with Crippen molar-refractivity contribution in [1.82, 2.24) is 0 Å². The molecule has 0 N–H and O–H groups in total. The second-order valence-electron chi connectivity index (χ2n) is 3.36. The lowest BCUT2D eigenvalue weighted by Gasteiger charge is -2.04.